The molecule has 2 N–H and O–H groups in total. The van der Waals surface area contributed by atoms with Gasteiger partial charge in [-0.3, -0.25) is 0 Å². The first-order valence-corrected chi connectivity index (χ1v) is 5.58. The summed E-state index contributed by atoms with van der Waals surface area (Å²) >= 11 is 11.6. The summed E-state index contributed by atoms with van der Waals surface area (Å²) < 4.78 is 0. The van der Waals surface area contributed by atoms with Crippen LogP contribution < -0.4 is 5.32 Å². The number of aliphatic hydroxyl groups is 1. The van der Waals surface area contributed by atoms with E-state index in [1.54, 1.807) is 13.8 Å². The number of nitrogens with zero attached hydrogens (tertiary/aromatic N) is 2. The fourth-order valence-electron chi connectivity index (χ4n) is 0.882. The molecule has 0 aliphatic rings. The van der Waals surface area contributed by atoms with Gasteiger partial charge < -0.3 is 10.4 Å². The molecule has 0 fully saturated rings. The molecule has 0 unspecified atom stereocenters. The molecule has 0 radical (unpaired) electrons. The van der Waals surface area contributed by atoms with Gasteiger partial charge in [0.2, 0.25) is 5.28 Å². The quantitative estimate of drug-likeness (QED) is 0.824. The van der Waals surface area contributed by atoms with E-state index in [2.05, 4.69) is 15.3 Å². The molecule has 0 atom stereocenters. The van der Waals surface area contributed by atoms with Gasteiger partial charge in [-0.15, -0.1) is 0 Å². The minimum atomic E-state index is -0.937. The van der Waals surface area contributed by atoms with E-state index < -0.39 is 11.1 Å². The van der Waals surface area contributed by atoms with Crippen LogP contribution in [0.1, 0.15) is 27.7 Å². The molecule has 1 aromatic heterocycles. The van der Waals surface area contributed by atoms with E-state index in [-0.39, 0.29) is 5.28 Å². The van der Waals surface area contributed by atoms with Crippen LogP contribution in [-0.4, -0.2) is 26.2 Å². The molecule has 0 aromatic carbocycles. The Morgan fingerprint density at radius 1 is 1.25 bits per heavy atom. The summed E-state index contributed by atoms with van der Waals surface area (Å²) in [6, 6.07) is 0. The van der Waals surface area contributed by atoms with Crippen molar-refractivity contribution in [2.45, 2.75) is 38.8 Å². The van der Waals surface area contributed by atoms with Crippen LogP contribution in [-0.2, 0) is 0 Å². The summed E-state index contributed by atoms with van der Waals surface area (Å²) in [6.45, 7) is 7.10. The highest BCUT2D eigenvalue weighted by molar-refractivity contribution is 6.33. The summed E-state index contributed by atoms with van der Waals surface area (Å²) in [5, 5.41) is 13.5. The van der Waals surface area contributed by atoms with Gasteiger partial charge in [-0.2, -0.15) is 4.98 Å². The Bertz CT molecular complexity index is 388. The van der Waals surface area contributed by atoms with Crippen LogP contribution in [0.3, 0.4) is 0 Å². The van der Waals surface area contributed by atoms with E-state index in [1.807, 2.05) is 13.8 Å². The van der Waals surface area contributed by atoms with Gasteiger partial charge in [0.15, 0.2) is 0 Å². The molecule has 1 rings (SSSR count). The van der Waals surface area contributed by atoms with E-state index in [0.717, 1.165) is 0 Å². The lowest BCUT2D eigenvalue weighted by atomic mass is 9.86. The van der Waals surface area contributed by atoms with Crippen molar-refractivity contribution in [3.8, 4) is 0 Å². The van der Waals surface area contributed by atoms with E-state index in [1.165, 1.54) is 6.20 Å². The first-order valence-electron chi connectivity index (χ1n) is 4.82. The lowest BCUT2D eigenvalue weighted by Gasteiger charge is -2.38. The molecule has 0 saturated heterocycles. The van der Waals surface area contributed by atoms with Crippen LogP contribution in [0.4, 0.5) is 5.82 Å². The van der Waals surface area contributed by atoms with Crippen LogP contribution >= 0.6 is 23.2 Å². The summed E-state index contributed by atoms with van der Waals surface area (Å²) in [5.74, 6) is 0.411. The van der Waals surface area contributed by atoms with Crippen LogP contribution in [0, 0.1) is 0 Å². The Balaban J connectivity index is 3.01. The molecule has 90 valence electrons. The fraction of sp³-hybridized carbons (Fsp3) is 0.600. The Kier molecular flexibility index (Phi) is 3.67. The van der Waals surface area contributed by atoms with Crippen molar-refractivity contribution in [3.63, 3.8) is 0 Å². The average Bonchev–Trinajstić information content (AvgIpc) is 2.09. The van der Waals surface area contributed by atoms with Gasteiger partial charge >= 0.3 is 0 Å². The molecule has 0 aliphatic heterocycles. The Morgan fingerprint density at radius 2 is 1.81 bits per heavy atom. The van der Waals surface area contributed by atoms with Gasteiger partial charge in [-0.25, -0.2) is 4.98 Å². The lowest BCUT2D eigenvalue weighted by molar-refractivity contribution is 0.0239. The van der Waals surface area contributed by atoms with E-state index in [4.69, 9.17) is 23.2 Å². The Hall–Kier alpha value is -0.580. The minimum Gasteiger partial charge on any atom is -0.388 e. The third-order valence-corrected chi connectivity index (χ3v) is 3.13. The molecule has 1 heterocycles. The van der Waals surface area contributed by atoms with Crippen LogP contribution in [0.2, 0.25) is 10.3 Å². The standard InChI is InChI=1S/C10H15Cl2N3O/c1-9(2,10(3,4)16)15-7-6(11)5-13-8(12)14-7/h5,16H,1-4H3,(H,13,14,15). The summed E-state index contributed by atoms with van der Waals surface area (Å²) in [4.78, 5) is 7.72. The van der Waals surface area contributed by atoms with E-state index >= 15 is 0 Å². The van der Waals surface area contributed by atoms with Gasteiger partial charge in [-0.1, -0.05) is 11.6 Å². The largest absolute Gasteiger partial charge is 0.388 e. The molecule has 0 aliphatic carbocycles. The lowest BCUT2D eigenvalue weighted by Crippen LogP contribution is -2.51. The van der Waals surface area contributed by atoms with Gasteiger partial charge in [-0.05, 0) is 39.3 Å². The summed E-state index contributed by atoms with van der Waals surface area (Å²) in [6.07, 6.45) is 1.42. The Labute approximate surface area is 105 Å². The second-order valence-electron chi connectivity index (χ2n) is 4.64. The number of rotatable bonds is 3. The third kappa shape index (κ3) is 2.97. The van der Waals surface area contributed by atoms with Gasteiger partial charge in [0.25, 0.3) is 0 Å². The molecule has 1 aromatic rings. The van der Waals surface area contributed by atoms with Gasteiger partial charge in [0, 0.05) is 0 Å². The number of nitrogens with one attached hydrogen (secondary N) is 1. The predicted octanol–water partition coefficient (Wildman–Crippen LogP) is 2.74. The van der Waals surface area contributed by atoms with Crippen molar-refractivity contribution in [2.24, 2.45) is 0 Å². The molecule has 0 saturated carbocycles. The molecule has 6 heteroatoms. The fourth-order valence-corrected chi connectivity index (χ4v) is 1.15. The van der Waals surface area contributed by atoms with Crippen molar-refractivity contribution in [2.75, 3.05) is 5.32 Å². The molecule has 4 nitrogen and oxygen atoms in total. The van der Waals surface area contributed by atoms with Crippen molar-refractivity contribution in [1.82, 2.24) is 9.97 Å². The number of halogens is 2. The van der Waals surface area contributed by atoms with Crippen LogP contribution in [0.25, 0.3) is 0 Å². The number of aromatic nitrogens is 2. The molecule has 16 heavy (non-hydrogen) atoms. The van der Waals surface area contributed by atoms with E-state index in [0.29, 0.717) is 10.8 Å². The number of hydrogen-bond acceptors (Lipinski definition) is 4. The van der Waals surface area contributed by atoms with Crippen molar-refractivity contribution < 1.29 is 5.11 Å². The van der Waals surface area contributed by atoms with Crippen LogP contribution in [0.5, 0.6) is 0 Å². The first-order chi connectivity index (χ1) is 7.13. The molecule has 0 spiro atoms. The normalized spacial score (nSPS) is 12.7. The summed E-state index contributed by atoms with van der Waals surface area (Å²) in [5.41, 5.74) is -1.54. The number of hydrogen-bond donors (Lipinski definition) is 2. The number of anilines is 1. The second kappa shape index (κ2) is 4.35. The highest BCUT2D eigenvalue weighted by Crippen LogP contribution is 2.28. The molecule has 0 bridgehead atoms. The third-order valence-electron chi connectivity index (χ3n) is 2.68. The molecular formula is C10H15Cl2N3O. The predicted molar refractivity (Wildman–Crippen MR) is 66.1 cm³/mol. The SMILES string of the molecule is CC(C)(O)C(C)(C)Nc1nc(Cl)ncc1Cl. The second-order valence-corrected chi connectivity index (χ2v) is 5.39. The van der Waals surface area contributed by atoms with Crippen molar-refractivity contribution in [1.29, 1.82) is 0 Å². The maximum Gasteiger partial charge on any atom is 0.224 e. The van der Waals surface area contributed by atoms with E-state index in [9.17, 15) is 5.11 Å². The van der Waals surface area contributed by atoms with Crippen molar-refractivity contribution >= 4 is 29.0 Å². The Morgan fingerprint density at radius 3 is 2.31 bits per heavy atom. The summed E-state index contributed by atoms with van der Waals surface area (Å²) in [7, 11) is 0. The zero-order valence-electron chi connectivity index (χ0n) is 9.67. The highest BCUT2D eigenvalue weighted by Gasteiger charge is 2.35. The first kappa shape index (κ1) is 13.5. The van der Waals surface area contributed by atoms with Gasteiger partial charge in [0.05, 0.1) is 17.3 Å². The average molecular weight is 264 g/mol. The van der Waals surface area contributed by atoms with Crippen molar-refractivity contribution in [3.05, 3.63) is 16.5 Å². The van der Waals surface area contributed by atoms with Crippen LogP contribution in [0.15, 0.2) is 6.20 Å². The smallest absolute Gasteiger partial charge is 0.224 e. The maximum atomic E-state index is 9.98. The maximum absolute atomic E-state index is 9.98. The highest BCUT2D eigenvalue weighted by atomic mass is 35.5. The molecular weight excluding hydrogens is 249 g/mol. The topological polar surface area (TPSA) is 58.0 Å². The minimum absolute atomic E-state index is 0.110. The monoisotopic (exact) mass is 263 g/mol. The van der Waals surface area contributed by atoms with Gasteiger partial charge in [0.1, 0.15) is 10.8 Å². The zero-order chi connectivity index (χ0) is 12.6. The molecule has 0 amide bonds. The zero-order valence-corrected chi connectivity index (χ0v) is 11.2.